The molecule has 0 saturated carbocycles. The number of nitrogens with zero attached hydrogens (tertiary/aromatic N) is 1. The SMILES string of the molecule is O=C1NCCCC(=O)N2CCC[C@H]12. The maximum Gasteiger partial charge on any atom is 0.242 e. The Kier molecular flexibility index (Phi) is 2.20. The lowest BCUT2D eigenvalue weighted by atomic mass is 10.1. The standard InChI is InChI=1S/C9H14N2O2/c12-8-4-1-5-10-9(13)7-3-2-6-11(7)8/h7H,1-6H2,(H,10,13)/t7-/m1/s1. The van der Waals surface area contributed by atoms with Gasteiger partial charge in [0.15, 0.2) is 0 Å². The van der Waals surface area contributed by atoms with Crippen LogP contribution in [0, 0.1) is 0 Å². The lowest BCUT2D eigenvalue weighted by Crippen LogP contribution is -2.48. The van der Waals surface area contributed by atoms with E-state index in [1.165, 1.54) is 0 Å². The molecule has 72 valence electrons. The molecule has 13 heavy (non-hydrogen) atoms. The molecule has 4 heteroatoms. The van der Waals surface area contributed by atoms with Crippen molar-refractivity contribution in [1.29, 1.82) is 0 Å². The first-order chi connectivity index (χ1) is 6.29. The number of hydrogen-bond acceptors (Lipinski definition) is 2. The van der Waals surface area contributed by atoms with Gasteiger partial charge < -0.3 is 10.2 Å². The van der Waals surface area contributed by atoms with E-state index in [0.29, 0.717) is 13.0 Å². The van der Waals surface area contributed by atoms with Crippen LogP contribution in [0.25, 0.3) is 0 Å². The summed E-state index contributed by atoms with van der Waals surface area (Å²) in [5.74, 6) is 0.183. The Labute approximate surface area is 77.3 Å². The highest BCUT2D eigenvalue weighted by Crippen LogP contribution is 2.19. The summed E-state index contributed by atoms with van der Waals surface area (Å²) in [4.78, 5) is 24.8. The van der Waals surface area contributed by atoms with E-state index < -0.39 is 0 Å². The molecule has 0 aliphatic carbocycles. The van der Waals surface area contributed by atoms with E-state index in [9.17, 15) is 9.59 Å². The van der Waals surface area contributed by atoms with Crippen molar-refractivity contribution in [3.8, 4) is 0 Å². The Morgan fingerprint density at radius 2 is 2.15 bits per heavy atom. The highest BCUT2D eigenvalue weighted by molar-refractivity contribution is 5.88. The van der Waals surface area contributed by atoms with Crippen LogP contribution >= 0.6 is 0 Å². The van der Waals surface area contributed by atoms with Gasteiger partial charge in [-0.3, -0.25) is 9.59 Å². The Bertz CT molecular complexity index is 216. The summed E-state index contributed by atoms with van der Waals surface area (Å²) in [6.07, 6.45) is 3.14. The molecule has 2 fully saturated rings. The lowest BCUT2D eigenvalue weighted by Gasteiger charge is -2.26. The van der Waals surface area contributed by atoms with Gasteiger partial charge in [-0.15, -0.1) is 0 Å². The first-order valence-corrected chi connectivity index (χ1v) is 4.86. The molecular weight excluding hydrogens is 168 g/mol. The number of carbonyl (C=O) groups excluding carboxylic acids is 2. The van der Waals surface area contributed by atoms with Crippen molar-refractivity contribution < 1.29 is 9.59 Å². The van der Waals surface area contributed by atoms with Gasteiger partial charge in [0.1, 0.15) is 6.04 Å². The van der Waals surface area contributed by atoms with Gasteiger partial charge in [0.2, 0.25) is 11.8 Å². The Balaban J connectivity index is 2.14. The molecule has 1 atom stereocenters. The fourth-order valence-corrected chi connectivity index (χ4v) is 2.05. The third kappa shape index (κ3) is 1.53. The van der Waals surface area contributed by atoms with Crippen LogP contribution in [-0.4, -0.2) is 35.8 Å². The number of rotatable bonds is 0. The molecule has 2 aliphatic heterocycles. The molecule has 0 aromatic carbocycles. The summed E-state index contributed by atoms with van der Waals surface area (Å²) in [5, 5.41) is 2.84. The van der Waals surface area contributed by atoms with E-state index in [2.05, 4.69) is 5.32 Å². The van der Waals surface area contributed by atoms with Crippen LogP contribution in [0.3, 0.4) is 0 Å². The summed E-state index contributed by atoms with van der Waals surface area (Å²) in [6, 6.07) is -0.173. The van der Waals surface area contributed by atoms with E-state index in [1.807, 2.05) is 0 Å². The normalized spacial score (nSPS) is 29.2. The van der Waals surface area contributed by atoms with Gasteiger partial charge in [0.25, 0.3) is 0 Å². The molecule has 0 spiro atoms. The van der Waals surface area contributed by atoms with Crippen LogP contribution in [0.1, 0.15) is 25.7 Å². The minimum atomic E-state index is -0.173. The van der Waals surface area contributed by atoms with Gasteiger partial charge in [0.05, 0.1) is 0 Å². The molecule has 1 N–H and O–H groups in total. The monoisotopic (exact) mass is 182 g/mol. The zero-order chi connectivity index (χ0) is 9.26. The molecule has 2 amide bonds. The number of fused-ring (bicyclic) bond motifs is 1. The minimum Gasteiger partial charge on any atom is -0.354 e. The van der Waals surface area contributed by atoms with E-state index in [4.69, 9.17) is 0 Å². The average Bonchev–Trinajstić information content (AvgIpc) is 2.57. The summed E-state index contributed by atoms with van der Waals surface area (Å²) < 4.78 is 0. The fourth-order valence-electron chi connectivity index (χ4n) is 2.05. The maximum absolute atomic E-state index is 11.5. The van der Waals surface area contributed by atoms with Gasteiger partial charge in [0, 0.05) is 19.5 Å². The topological polar surface area (TPSA) is 49.4 Å². The average molecular weight is 182 g/mol. The largest absolute Gasteiger partial charge is 0.354 e. The molecule has 4 nitrogen and oxygen atoms in total. The van der Waals surface area contributed by atoms with Crippen LogP contribution < -0.4 is 5.32 Å². The zero-order valence-electron chi connectivity index (χ0n) is 7.58. The molecule has 0 unspecified atom stereocenters. The quantitative estimate of drug-likeness (QED) is 0.568. The zero-order valence-corrected chi connectivity index (χ0v) is 7.58. The van der Waals surface area contributed by atoms with Crippen molar-refractivity contribution in [2.45, 2.75) is 31.7 Å². The number of nitrogens with one attached hydrogen (secondary N) is 1. The smallest absolute Gasteiger partial charge is 0.242 e. The van der Waals surface area contributed by atoms with E-state index in [-0.39, 0.29) is 17.9 Å². The van der Waals surface area contributed by atoms with Crippen molar-refractivity contribution >= 4 is 11.8 Å². The summed E-state index contributed by atoms with van der Waals surface area (Å²) in [6.45, 7) is 1.41. The van der Waals surface area contributed by atoms with Crippen molar-refractivity contribution in [2.75, 3.05) is 13.1 Å². The van der Waals surface area contributed by atoms with E-state index in [0.717, 1.165) is 25.8 Å². The van der Waals surface area contributed by atoms with Crippen molar-refractivity contribution in [2.24, 2.45) is 0 Å². The van der Waals surface area contributed by atoms with Gasteiger partial charge in [-0.2, -0.15) is 0 Å². The molecule has 0 aromatic rings. The van der Waals surface area contributed by atoms with Crippen molar-refractivity contribution in [3.63, 3.8) is 0 Å². The minimum absolute atomic E-state index is 0.0329. The Morgan fingerprint density at radius 1 is 1.31 bits per heavy atom. The first-order valence-electron chi connectivity index (χ1n) is 4.86. The molecular formula is C9H14N2O2. The van der Waals surface area contributed by atoms with Gasteiger partial charge in [-0.1, -0.05) is 0 Å². The van der Waals surface area contributed by atoms with Crippen molar-refractivity contribution in [1.82, 2.24) is 10.2 Å². The van der Waals surface area contributed by atoms with Crippen LogP contribution in [0.5, 0.6) is 0 Å². The van der Waals surface area contributed by atoms with E-state index >= 15 is 0 Å². The predicted octanol–water partition coefficient (Wildman–Crippen LogP) is -0.113. The van der Waals surface area contributed by atoms with Crippen molar-refractivity contribution in [3.05, 3.63) is 0 Å². The van der Waals surface area contributed by atoms with Crippen LogP contribution in [0.2, 0.25) is 0 Å². The highest BCUT2D eigenvalue weighted by Gasteiger charge is 2.34. The van der Waals surface area contributed by atoms with Crippen LogP contribution in [0.15, 0.2) is 0 Å². The Hall–Kier alpha value is -1.06. The number of carbonyl (C=O) groups is 2. The molecule has 0 aromatic heterocycles. The molecule has 2 aliphatic rings. The predicted molar refractivity (Wildman–Crippen MR) is 47.0 cm³/mol. The van der Waals surface area contributed by atoms with E-state index in [1.54, 1.807) is 4.90 Å². The fraction of sp³-hybridized carbons (Fsp3) is 0.778. The summed E-state index contributed by atoms with van der Waals surface area (Å²) in [7, 11) is 0. The highest BCUT2D eigenvalue weighted by atomic mass is 16.2. The molecule has 2 saturated heterocycles. The maximum atomic E-state index is 11.5. The number of amides is 2. The lowest BCUT2D eigenvalue weighted by molar-refractivity contribution is -0.139. The van der Waals surface area contributed by atoms with Crippen LogP contribution in [-0.2, 0) is 9.59 Å². The second kappa shape index (κ2) is 3.36. The van der Waals surface area contributed by atoms with Gasteiger partial charge in [-0.25, -0.2) is 0 Å². The third-order valence-electron chi connectivity index (χ3n) is 2.74. The second-order valence-electron chi connectivity index (χ2n) is 3.64. The summed E-state index contributed by atoms with van der Waals surface area (Å²) >= 11 is 0. The molecule has 0 bridgehead atoms. The Morgan fingerprint density at radius 3 is 3.00 bits per heavy atom. The summed E-state index contributed by atoms with van der Waals surface area (Å²) in [5.41, 5.74) is 0. The van der Waals surface area contributed by atoms with Gasteiger partial charge >= 0.3 is 0 Å². The molecule has 0 radical (unpaired) electrons. The molecule has 2 rings (SSSR count). The van der Waals surface area contributed by atoms with Crippen LogP contribution in [0.4, 0.5) is 0 Å². The first kappa shape index (κ1) is 8.53. The molecule has 2 heterocycles. The second-order valence-corrected chi connectivity index (χ2v) is 3.64. The third-order valence-corrected chi connectivity index (χ3v) is 2.74. The number of hydrogen-bond donors (Lipinski definition) is 1. The van der Waals surface area contributed by atoms with Gasteiger partial charge in [-0.05, 0) is 19.3 Å².